The Labute approximate surface area is 138 Å². The minimum atomic E-state index is 0.433. The molecule has 1 fully saturated rings. The molecule has 0 spiro atoms. The van der Waals surface area contributed by atoms with E-state index in [0.717, 1.165) is 0 Å². The molecular weight excluding hydrogens is 376 g/mol. The van der Waals surface area contributed by atoms with Crippen LogP contribution in [0, 0.1) is 11.3 Å². The number of halogens is 2. The van der Waals surface area contributed by atoms with Crippen molar-refractivity contribution in [2.24, 2.45) is 11.3 Å². The lowest BCUT2D eigenvalue weighted by atomic mass is 9.78. The fraction of sp³-hybridized carbons (Fsp3) is 0.444. The SMILES string of the molecule is CC1(C)CCCC1C(Br)c1ccc(Br)c2ccccc12. The van der Waals surface area contributed by atoms with Crippen molar-refractivity contribution in [3.8, 4) is 0 Å². The Morgan fingerprint density at radius 1 is 1.10 bits per heavy atom. The number of benzene rings is 2. The Morgan fingerprint density at radius 2 is 1.80 bits per heavy atom. The van der Waals surface area contributed by atoms with Gasteiger partial charge in [-0.3, -0.25) is 0 Å². The molecule has 0 nitrogen and oxygen atoms in total. The fourth-order valence-electron chi connectivity index (χ4n) is 3.64. The Bertz CT molecular complexity index is 630. The highest BCUT2D eigenvalue weighted by Gasteiger charge is 2.39. The topological polar surface area (TPSA) is 0 Å². The summed E-state index contributed by atoms with van der Waals surface area (Å²) in [5.41, 5.74) is 1.87. The smallest absolute Gasteiger partial charge is 0.0434 e. The first-order valence-electron chi connectivity index (χ1n) is 7.32. The molecule has 1 saturated carbocycles. The van der Waals surface area contributed by atoms with Crippen LogP contribution in [0.5, 0.6) is 0 Å². The minimum Gasteiger partial charge on any atom is -0.0835 e. The van der Waals surface area contributed by atoms with Crippen LogP contribution in [-0.4, -0.2) is 0 Å². The third kappa shape index (κ3) is 2.46. The standard InChI is InChI=1S/C18H20Br2/c1-18(2)11-5-8-15(18)17(20)14-9-10-16(19)13-7-4-3-6-12(13)14/h3-4,6-7,9-10,15,17H,5,8,11H2,1-2H3. The van der Waals surface area contributed by atoms with Gasteiger partial charge in [-0.2, -0.15) is 0 Å². The second-order valence-corrected chi connectivity index (χ2v) is 8.41. The van der Waals surface area contributed by atoms with Crippen molar-refractivity contribution >= 4 is 42.6 Å². The summed E-state index contributed by atoms with van der Waals surface area (Å²) < 4.78 is 1.18. The highest BCUT2D eigenvalue weighted by Crippen LogP contribution is 2.53. The molecule has 2 aromatic rings. The van der Waals surface area contributed by atoms with Crippen LogP contribution >= 0.6 is 31.9 Å². The second-order valence-electron chi connectivity index (χ2n) is 6.57. The van der Waals surface area contributed by atoms with Crippen molar-refractivity contribution in [2.75, 3.05) is 0 Å². The monoisotopic (exact) mass is 394 g/mol. The molecule has 1 aliphatic carbocycles. The molecule has 3 rings (SSSR count). The molecule has 0 bridgehead atoms. The lowest BCUT2D eigenvalue weighted by Crippen LogP contribution is -2.21. The molecule has 0 amide bonds. The van der Waals surface area contributed by atoms with Crippen LogP contribution in [0.2, 0.25) is 0 Å². The molecule has 0 radical (unpaired) electrons. The van der Waals surface area contributed by atoms with Crippen LogP contribution in [0.25, 0.3) is 10.8 Å². The zero-order valence-corrected chi connectivity index (χ0v) is 15.2. The summed E-state index contributed by atoms with van der Waals surface area (Å²) >= 11 is 7.69. The predicted molar refractivity (Wildman–Crippen MR) is 94.4 cm³/mol. The Balaban J connectivity index is 2.08. The minimum absolute atomic E-state index is 0.433. The van der Waals surface area contributed by atoms with E-state index in [0.29, 0.717) is 16.2 Å². The molecule has 0 aliphatic heterocycles. The summed E-state index contributed by atoms with van der Waals surface area (Å²) in [7, 11) is 0. The van der Waals surface area contributed by atoms with Gasteiger partial charge in [0, 0.05) is 9.30 Å². The lowest BCUT2D eigenvalue weighted by Gasteiger charge is -2.32. The van der Waals surface area contributed by atoms with Crippen molar-refractivity contribution < 1.29 is 0 Å². The normalized spacial score (nSPS) is 23.1. The van der Waals surface area contributed by atoms with Gasteiger partial charge >= 0.3 is 0 Å². The molecule has 0 aromatic heterocycles. The Hall–Kier alpha value is -0.340. The molecule has 0 N–H and O–H groups in total. The van der Waals surface area contributed by atoms with E-state index in [1.165, 1.54) is 40.1 Å². The summed E-state index contributed by atoms with van der Waals surface area (Å²) in [6.45, 7) is 4.83. The maximum Gasteiger partial charge on any atom is 0.0434 e. The zero-order valence-electron chi connectivity index (χ0n) is 12.0. The summed E-state index contributed by atoms with van der Waals surface area (Å²) in [5.74, 6) is 0.715. The van der Waals surface area contributed by atoms with Crippen LogP contribution in [0.1, 0.15) is 43.5 Å². The number of alkyl halides is 1. The van der Waals surface area contributed by atoms with Crippen molar-refractivity contribution in [3.63, 3.8) is 0 Å². The molecule has 0 heterocycles. The summed E-state index contributed by atoms with van der Waals surface area (Å²) in [4.78, 5) is 0.443. The van der Waals surface area contributed by atoms with Gasteiger partial charge in [-0.1, -0.05) is 82.5 Å². The number of hydrogen-bond acceptors (Lipinski definition) is 0. The van der Waals surface area contributed by atoms with Gasteiger partial charge in [0.2, 0.25) is 0 Å². The highest BCUT2D eigenvalue weighted by atomic mass is 79.9. The highest BCUT2D eigenvalue weighted by molar-refractivity contribution is 9.10. The lowest BCUT2D eigenvalue weighted by molar-refractivity contribution is 0.257. The third-order valence-corrected chi connectivity index (χ3v) is 6.72. The maximum absolute atomic E-state index is 4.02. The van der Waals surface area contributed by atoms with Gasteiger partial charge in [-0.05, 0) is 46.6 Å². The third-order valence-electron chi connectivity index (χ3n) is 4.89. The van der Waals surface area contributed by atoms with Gasteiger partial charge < -0.3 is 0 Å². The van der Waals surface area contributed by atoms with Crippen LogP contribution in [-0.2, 0) is 0 Å². The molecule has 2 atom stereocenters. The molecule has 2 aromatic carbocycles. The largest absolute Gasteiger partial charge is 0.0835 e. The van der Waals surface area contributed by atoms with Crippen molar-refractivity contribution in [3.05, 3.63) is 46.4 Å². The summed E-state index contributed by atoms with van der Waals surface area (Å²) in [6, 6.07) is 13.2. The van der Waals surface area contributed by atoms with Gasteiger partial charge in [-0.25, -0.2) is 0 Å². The molecule has 1 aliphatic rings. The van der Waals surface area contributed by atoms with E-state index in [1.807, 2.05) is 0 Å². The predicted octanol–water partition coefficient (Wildman–Crippen LogP) is 6.86. The Morgan fingerprint density at radius 3 is 2.45 bits per heavy atom. The van der Waals surface area contributed by atoms with Crippen LogP contribution in [0.3, 0.4) is 0 Å². The van der Waals surface area contributed by atoms with E-state index in [4.69, 9.17) is 0 Å². The Kier molecular flexibility index (Phi) is 3.98. The van der Waals surface area contributed by atoms with E-state index in [1.54, 1.807) is 0 Å². The molecular formula is C18H20Br2. The number of hydrogen-bond donors (Lipinski definition) is 0. The van der Waals surface area contributed by atoms with Crippen LogP contribution in [0.15, 0.2) is 40.9 Å². The molecule has 2 heteroatoms. The zero-order chi connectivity index (χ0) is 14.3. The van der Waals surface area contributed by atoms with Gasteiger partial charge in [0.1, 0.15) is 0 Å². The average Bonchev–Trinajstić information content (AvgIpc) is 2.78. The summed E-state index contributed by atoms with van der Waals surface area (Å²) in [5, 5.41) is 2.68. The first-order valence-corrected chi connectivity index (χ1v) is 9.03. The summed E-state index contributed by atoms with van der Waals surface area (Å²) in [6.07, 6.45) is 4.02. The molecule has 0 saturated heterocycles. The molecule has 2 unspecified atom stereocenters. The fourth-order valence-corrected chi connectivity index (χ4v) is 5.50. The van der Waals surface area contributed by atoms with Crippen LogP contribution in [0.4, 0.5) is 0 Å². The van der Waals surface area contributed by atoms with Crippen molar-refractivity contribution in [2.45, 2.75) is 37.9 Å². The number of rotatable bonds is 2. The van der Waals surface area contributed by atoms with Gasteiger partial charge in [0.15, 0.2) is 0 Å². The quantitative estimate of drug-likeness (QED) is 0.487. The van der Waals surface area contributed by atoms with E-state index >= 15 is 0 Å². The van der Waals surface area contributed by atoms with Gasteiger partial charge in [0.05, 0.1) is 0 Å². The van der Waals surface area contributed by atoms with Crippen LogP contribution < -0.4 is 0 Å². The van der Waals surface area contributed by atoms with Gasteiger partial charge in [-0.15, -0.1) is 0 Å². The van der Waals surface area contributed by atoms with E-state index < -0.39 is 0 Å². The molecule has 106 valence electrons. The van der Waals surface area contributed by atoms with E-state index in [9.17, 15) is 0 Å². The second kappa shape index (κ2) is 5.46. The molecule has 20 heavy (non-hydrogen) atoms. The van der Waals surface area contributed by atoms with Gasteiger partial charge in [0.25, 0.3) is 0 Å². The van der Waals surface area contributed by atoms with E-state index in [-0.39, 0.29) is 0 Å². The van der Waals surface area contributed by atoms with Crippen molar-refractivity contribution in [1.82, 2.24) is 0 Å². The van der Waals surface area contributed by atoms with E-state index in [2.05, 4.69) is 82.1 Å². The maximum atomic E-state index is 4.02. The first-order chi connectivity index (χ1) is 9.50. The number of fused-ring (bicyclic) bond motifs is 1. The average molecular weight is 396 g/mol. The van der Waals surface area contributed by atoms with Crippen molar-refractivity contribution in [1.29, 1.82) is 0 Å². The first kappa shape index (κ1) is 14.6.